The van der Waals surface area contributed by atoms with E-state index in [1.807, 2.05) is 13.8 Å². The predicted octanol–water partition coefficient (Wildman–Crippen LogP) is 3.10. The zero-order valence-electron chi connectivity index (χ0n) is 12.9. The highest BCUT2D eigenvalue weighted by Gasteiger charge is 2.23. The molecular weight excluding hydrogens is 322 g/mol. The average Bonchev–Trinajstić information content (AvgIpc) is 2.25. The Bertz CT molecular complexity index is 371. The zero-order chi connectivity index (χ0) is 16.5. The Labute approximate surface area is 126 Å². The average molecular weight is 348 g/mol. The molecule has 0 aromatic heterocycles. The Kier molecular flexibility index (Phi) is 10.2. The topological polar surface area (TPSA) is 112 Å². The van der Waals surface area contributed by atoms with Gasteiger partial charge in [0.2, 0.25) is 0 Å². The van der Waals surface area contributed by atoms with Crippen LogP contribution in [0.1, 0.15) is 40.5 Å². The summed E-state index contributed by atoms with van der Waals surface area (Å²) in [6.07, 6.45) is 0.366. The maximum atomic E-state index is 11.4. The first-order valence-corrected chi connectivity index (χ1v) is 9.81. The smallest absolute Gasteiger partial charge is 0.302 e. The molecule has 0 aliphatic heterocycles. The summed E-state index contributed by atoms with van der Waals surface area (Å²) in [7, 11) is -8.15. The van der Waals surface area contributed by atoms with E-state index in [2.05, 4.69) is 9.05 Å². The van der Waals surface area contributed by atoms with E-state index >= 15 is 0 Å². The van der Waals surface area contributed by atoms with E-state index in [1.54, 1.807) is 13.8 Å². The highest BCUT2D eigenvalue weighted by molar-refractivity contribution is 7.47. The van der Waals surface area contributed by atoms with Crippen molar-refractivity contribution in [1.82, 2.24) is 0 Å². The van der Waals surface area contributed by atoms with E-state index < -0.39 is 21.7 Å². The second-order valence-corrected chi connectivity index (χ2v) is 7.99. The maximum absolute atomic E-state index is 11.4. The van der Waals surface area contributed by atoms with Gasteiger partial charge < -0.3 is 9.79 Å². The largest absolute Gasteiger partial charge is 0.472 e. The zero-order valence-corrected chi connectivity index (χ0v) is 14.7. The molecule has 0 radical (unpaired) electrons. The summed E-state index contributed by atoms with van der Waals surface area (Å²) in [4.78, 5) is 18.6. The first-order chi connectivity index (χ1) is 9.54. The molecule has 0 aliphatic rings. The van der Waals surface area contributed by atoms with E-state index in [0.29, 0.717) is 12.3 Å². The molecule has 0 spiro atoms. The Balaban J connectivity index is 3.79. The Hall–Kier alpha value is 0.220. The van der Waals surface area contributed by atoms with Crippen LogP contribution in [0.2, 0.25) is 0 Å². The highest BCUT2D eigenvalue weighted by atomic mass is 31.2. The minimum absolute atomic E-state index is 0.128. The third kappa shape index (κ3) is 13.6. The van der Waals surface area contributed by atoms with E-state index in [0.717, 1.165) is 0 Å². The van der Waals surface area contributed by atoms with Crippen LogP contribution in [0.15, 0.2) is 0 Å². The van der Waals surface area contributed by atoms with Crippen molar-refractivity contribution < 1.29 is 37.0 Å². The van der Waals surface area contributed by atoms with E-state index in [-0.39, 0.29) is 26.2 Å². The quantitative estimate of drug-likeness (QED) is 0.409. The fourth-order valence-electron chi connectivity index (χ4n) is 1.16. The molecule has 128 valence electrons. The summed E-state index contributed by atoms with van der Waals surface area (Å²) in [6, 6.07) is 0. The lowest BCUT2D eigenvalue weighted by atomic mass is 10.2. The molecule has 0 fully saturated rings. The molecule has 0 saturated heterocycles. The van der Waals surface area contributed by atoms with Gasteiger partial charge in [-0.1, -0.05) is 13.8 Å². The SMILES string of the molecule is CC(C)CCOP(=O)(O)OCCCOP(=O)(O)OC(C)C. The van der Waals surface area contributed by atoms with Crippen molar-refractivity contribution in [2.45, 2.75) is 46.6 Å². The van der Waals surface area contributed by atoms with Crippen LogP contribution in [-0.2, 0) is 27.2 Å². The van der Waals surface area contributed by atoms with Crippen LogP contribution in [-0.4, -0.2) is 35.7 Å². The molecule has 0 rings (SSSR count). The fourth-order valence-corrected chi connectivity index (χ4v) is 2.88. The predicted molar refractivity (Wildman–Crippen MR) is 77.8 cm³/mol. The number of hydrogen-bond acceptors (Lipinski definition) is 6. The molecule has 2 N–H and O–H groups in total. The lowest BCUT2D eigenvalue weighted by Crippen LogP contribution is -2.05. The highest BCUT2D eigenvalue weighted by Crippen LogP contribution is 2.45. The van der Waals surface area contributed by atoms with Crippen LogP contribution in [0, 0.1) is 5.92 Å². The Morgan fingerprint density at radius 3 is 1.81 bits per heavy atom. The lowest BCUT2D eigenvalue weighted by molar-refractivity contribution is 0.108. The van der Waals surface area contributed by atoms with Gasteiger partial charge >= 0.3 is 15.6 Å². The first kappa shape index (κ1) is 21.2. The van der Waals surface area contributed by atoms with Gasteiger partial charge in [0.15, 0.2) is 0 Å². The number of hydrogen-bond donors (Lipinski definition) is 2. The minimum Gasteiger partial charge on any atom is -0.302 e. The van der Waals surface area contributed by atoms with Crippen molar-refractivity contribution in [3.8, 4) is 0 Å². The van der Waals surface area contributed by atoms with Crippen molar-refractivity contribution in [1.29, 1.82) is 0 Å². The van der Waals surface area contributed by atoms with Crippen LogP contribution >= 0.6 is 15.6 Å². The van der Waals surface area contributed by atoms with Gasteiger partial charge in [-0.25, -0.2) is 9.13 Å². The minimum atomic E-state index is -4.08. The van der Waals surface area contributed by atoms with E-state index in [1.165, 1.54) is 0 Å². The van der Waals surface area contributed by atoms with Crippen molar-refractivity contribution in [3.63, 3.8) is 0 Å². The number of rotatable bonds is 12. The van der Waals surface area contributed by atoms with Gasteiger partial charge in [-0.15, -0.1) is 0 Å². The molecule has 0 aromatic rings. The molecule has 0 aliphatic carbocycles. The molecule has 0 aromatic carbocycles. The molecule has 0 bridgehead atoms. The second-order valence-electron chi connectivity index (χ2n) is 5.13. The van der Waals surface area contributed by atoms with Gasteiger partial charge in [-0.2, -0.15) is 0 Å². The molecule has 21 heavy (non-hydrogen) atoms. The van der Waals surface area contributed by atoms with Gasteiger partial charge in [0.25, 0.3) is 0 Å². The molecular formula is C11H26O8P2. The van der Waals surface area contributed by atoms with Crippen molar-refractivity contribution >= 4 is 15.6 Å². The Morgan fingerprint density at radius 2 is 1.33 bits per heavy atom. The van der Waals surface area contributed by atoms with Gasteiger partial charge in [0, 0.05) is 0 Å². The van der Waals surface area contributed by atoms with Gasteiger partial charge in [0.1, 0.15) is 0 Å². The Morgan fingerprint density at radius 1 is 0.857 bits per heavy atom. The fraction of sp³-hybridized carbons (Fsp3) is 1.00. The summed E-state index contributed by atoms with van der Waals surface area (Å²) in [5.41, 5.74) is 0. The third-order valence-corrected chi connectivity index (χ3v) is 4.31. The molecule has 0 saturated carbocycles. The summed E-state index contributed by atoms with van der Waals surface area (Å²) in [5.74, 6) is 0.359. The third-order valence-electron chi connectivity index (χ3n) is 2.09. The van der Waals surface area contributed by atoms with E-state index in [9.17, 15) is 18.9 Å². The molecule has 0 heterocycles. The number of phosphoric acid groups is 2. The molecule has 10 heteroatoms. The maximum Gasteiger partial charge on any atom is 0.472 e. The van der Waals surface area contributed by atoms with Crippen LogP contribution < -0.4 is 0 Å². The van der Waals surface area contributed by atoms with Crippen LogP contribution in [0.3, 0.4) is 0 Å². The summed E-state index contributed by atoms with van der Waals surface area (Å²) in [6.45, 7) is 7.02. The standard InChI is InChI=1S/C11H26O8P2/c1-10(2)6-9-18-20(12,13)16-7-5-8-17-21(14,15)19-11(3)4/h10-11H,5-9H2,1-4H3,(H,12,13)(H,14,15). The molecule has 0 amide bonds. The lowest BCUT2D eigenvalue weighted by Gasteiger charge is -2.15. The monoisotopic (exact) mass is 348 g/mol. The van der Waals surface area contributed by atoms with Crippen LogP contribution in [0.25, 0.3) is 0 Å². The summed E-state index contributed by atoms with van der Waals surface area (Å²) < 4.78 is 41.6. The summed E-state index contributed by atoms with van der Waals surface area (Å²) >= 11 is 0. The first-order valence-electron chi connectivity index (χ1n) is 6.81. The van der Waals surface area contributed by atoms with Gasteiger partial charge in [-0.05, 0) is 32.6 Å². The summed E-state index contributed by atoms with van der Waals surface area (Å²) in [5, 5.41) is 0. The number of phosphoric ester groups is 2. The van der Waals surface area contributed by atoms with Crippen molar-refractivity contribution in [3.05, 3.63) is 0 Å². The molecule has 2 unspecified atom stereocenters. The van der Waals surface area contributed by atoms with Gasteiger partial charge in [0.05, 0.1) is 25.9 Å². The second kappa shape index (κ2) is 10.1. The molecule has 8 nitrogen and oxygen atoms in total. The van der Waals surface area contributed by atoms with Crippen molar-refractivity contribution in [2.24, 2.45) is 5.92 Å². The molecule has 2 atom stereocenters. The van der Waals surface area contributed by atoms with Crippen LogP contribution in [0.4, 0.5) is 0 Å². The van der Waals surface area contributed by atoms with E-state index in [4.69, 9.17) is 9.05 Å². The van der Waals surface area contributed by atoms with Crippen molar-refractivity contribution in [2.75, 3.05) is 19.8 Å². The normalized spacial score (nSPS) is 17.9. The van der Waals surface area contributed by atoms with Crippen LogP contribution in [0.5, 0.6) is 0 Å². The van der Waals surface area contributed by atoms with Gasteiger partial charge in [-0.3, -0.25) is 18.1 Å².